The average molecular weight is 253 g/mol. The van der Waals surface area contributed by atoms with Crippen LogP contribution < -0.4 is 16.6 Å². The van der Waals surface area contributed by atoms with Crippen molar-refractivity contribution in [2.75, 3.05) is 0 Å². The van der Waals surface area contributed by atoms with Gasteiger partial charge in [-0.1, -0.05) is 0 Å². The number of pyridine rings is 1. The van der Waals surface area contributed by atoms with Crippen LogP contribution in [0, 0.1) is 0 Å². The SMILES string of the molecule is NC(=O)CC(NC(=O)c1ccc(=O)[nH]c1)C(=O)O. The topological polar surface area (TPSA) is 142 Å². The van der Waals surface area contributed by atoms with E-state index in [1.54, 1.807) is 0 Å². The first-order valence-corrected chi connectivity index (χ1v) is 4.91. The Kier molecular flexibility index (Phi) is 4.19. The highest BCUT2D eigenvalue weighted by atomic mass is 16.4. The highest BCUT2D eigenvalue weighted by molar-refractivity contribution is 5.97. The summed E-state index contributed by atoms with van der Waals surface area (Å²) in [4.78, 5) is 46.1. The molecule has 5 N–H and O–H groups in total. The van der Waals surface area contributed by atoms with E-state index in [1.807, 2.05) is 0 Å². The van der Waals surface area contributed by atoms with Gasteiger partial charge in [-0.25, -0.2) is 4.79 Å². The van der Waals surface area contributed by atoms with E-state index in [0.717, 1.165) is 12.3 Å². The molecular weight excluding hydrogens is 242 g/mol. The first-order chi connectivity index (χ1) is 8.40. The number of amides is 2. The van der Waals surface area contributed by atoms with Gasteiger partial charge < -0.3 is 21.1 Å². The van der Waals surface area contributed by atoms with Crippen molar-refractivity contribution >= 4 is 17.8 Å². The second kappa shape index (κ2) is 5.62. The zero-order chi connectivity index (χ0) is 13.7. The smallest absolute Gasteiger partial charge is 0.326 e. The molecule has 0 fully saturated rings. The van der Waals surface area contributed by atoms with Crippen molar-refractivity contribution < 1.29 is 19.5 Å². The van der Waals surface area contributed by atoms with Gasteiger partial charge in [0, 0.05) is 12.3 Å². The van der Waals surface area contributed by atoms with Crippen LogP contribution in [-0.4, -0.2) is 33.9 Å². The number of primary amides is 1. The van der Waals surface area contributed by atoms with Gasteiger partial charge in [-0.3, -0.25) is 14.4 Å². The molecule has 2 amide bonds. The van der Waals surface area contributed by atoms with Gasteiger partial charge in [0.05, 0.1) is 12.0 Å². The number of hydrogen-bond donors (Lipinski definition) is 4. The lowest BCUT2D eigenvalue weighted by Gasteiger charge is -2.12. The fraction of sp³-hybridized carbons (Fsp3) is 0.200. The maximum absolute atomic E-state index is 11.6. The number of aromatic amines is 1. The van der Waals surface area contributed by atoms with E-state index >= 15 is 0 Å². The molecule has 1 heterocycles. The number of rotatable bonds is 5. The zero-order valence-corrected chi connectivity index (χ0v) is 9.17. The van der Waals surface area contributed by atoms with Gasteiger partial charge in [-0.05, 0) is 6.07 Å². The predicted molar refractivity (Wildman–Crippen MR) is 59.8 cm³/mol. The Hall–Kier alpha value is -2.64. The van der Waals surface area contributed by atoms with E-state index in [1.165, 1.54) is 6.07 Å². The molecule has 0 saturated carbocycles. The first kappa shape index (κ1) is 13.4. The molecule has 0 aliphatic heterocycles. The molecule has 18 heavy (non-hydrogen) atoms. The number of aromatic nitrogens is 1. The molecular formula is C10H11N3O5. The molecule has 96 valence electrons. The predicted octanol–water partition coefficient (Wildman–Crippen LogP) is -1.57. The van der Waals surface area contributed by atoms with Gasteiger partial charge in [0.15, 0.2) is 0 Å². The molecule has 0 aliphatic rings. The van der Waals surface area contributed by atoms with Gasteiger partial charge in [-0.2, -0.15) is 0 Å². The number of carboxylic acids is 1. The van der Waals surface area contributed by atoms with Gasteiger partial charge in [-0.15, -0.1) is 0 Å². The summed E-state index contributed by atoms with van der Waals surface area (Å²) in [6.45, 7) is 0. The summed E-state index contributed by atoms with van der Waals surface area (Å²) >= 11 is 0. The first-order valence-electron chi connectivity index (χ1n) is 4.91. The van der Waals surface area contributed by atoms with Crippen LogP contribution in [0.25, 0.3) is 0 Å². The van der Waals surface area contributed by atoms with E-state index < -0.39 is 35.8 Å². The molecule has 0 spiro atoms. The summed E-state index contributed by atoms with van der Waals surface area (Å²) in [7, 11) is 0. The van der Waals surface area contributed by atoms with Crippen LogP contribution in [0.2, 0.25) is 0 Å². The number of carbonyl (C=O) groups is 3. The Morgan fingerprint density at radius 2 is 2.06 bits per heavy atom. The molecule has 1 unspecified atom stereocenters. The van der Waals surface area contributed by atoms with Gasteiger partial charge in [0.1, 0.15) is 6.04 Å². The standard InChI is InChI=1S/C10H11N3O5/c11-7(14)3-6(10(17)18)13-9(16)5-1-2-8(15)12-4-5/h1-2,4,6H,3H2,(H2,11,14)(H,12,15)(H,13,16)(H,17,18). The lowest BCUT2D eigenvalue weighted by molar-refractivity contribution is -0.140. The molecule has 8 nitrogen and oxygen atoms in total. The van der Waals surface area contributed by atoms with Crippen LogP contribution in [0.3, 0.4) is 0 Å². The van der Waals surface area contributed by atoms with Gasteiger partial charge in [0.25, 0.3) is 5.91 Å². The van der Waals surface area contributed by atoms with Crippen molar-refractivity contribution in [2.24, 2.45) is 5.73 Å². The molecule has 0 aromatic carbocycles. The lowest BCUT2D eigenvalue weighted by atomic mass is 10.2. The van der Waals surface area contributed by atoms with E-state index in [-0.39, 0.29) is 5.56 Å². The molecule has 1 rings (SSSR count). The minimum Gasteiger partial charge on any atom is -0.480 e. The van der Waals surface area contributed by atoms with Crippen LogP contribution in [-0.2, 0) is 9.59 Å². The van der Waals surface area contributed by atoms with Crippen molar-refractivity contribution in [1.29, 1.82) is 0 Å². The Balaban J connectivity index is 2.78. The summed E-state index contributed by atoms with van der Waals surface area (Å²) in [5, 5.41) is 10.9. The van der Waals surface area contributed by atoms with E-state index in [2.05, 4.69) is 10.3 Å². The summed E-state index contributed by atoms with van der Waals surface area (Å²) < 4.78 is 0. The molecule has 8 heteroatoms. The highest BCUT2D eigenvalue weighted by Crippen LogP contribution is 1.97. The number of carbonyl (C=O) groups excluding carboxylic acids is 2. The second-order valence-corrected chi connectivity index (χ2v) is 3.48. The van der Waals surface area contributed by atoms with Crippen LogP contribution in [0.15, 0.2) is 23.1 Å². The van der Waals surface area contributed by atoms with Crippen LogP contribution >= 0.6 is 0 Å². The number of hydrogen-bond acceptors (Lipinski definition) is 4. The minimum absolute atomic E-state index is 0.0744. The molecule has 1 aromatic rings. The largest absolute Gasteiger partial charge is 0.480 e. The highest BCUT2D eigenvalue weighted by Gasteiger charge is 2.22. The van der Waals surface area contributed by atoms with Crippen molar-refractivity contribution in [1.82, 2.24) is 10.3 Å². The third-order valence-electron chi connectivity index (χ3n) is 2.06. The van der Waals surface area contributed by atoms with E-state index in [4.69, 9.17) is 10.8 Å². The van der Waals surface area contributed by atoms with Crippen LogP contribution in [0.5, 0.6) is 0 Å². The van der Waals surface area contributed by atoms with E-state index in [9.17, 15) is 19.2 Å². The molecule has 0 bridgehead atoms. The number of carboxylic acid groups (broad SMARTS) is 1. The van der Waals surface area contributed by atoms with Crippen molar-refractivity contribution in [3.8, 4) is 0 Å². The second-order valence-electron chi connectivity index (χ2n) is 3.48. The van der Waals surface area contributed by atoms with Crippen molar-refractivity contribution in [2.45, 2.75) is 12.5 Å². The van der Waals surface area contributed by atoms with Gasteiger partial charge in [0.2, 0.25) is 11.5 Å². The van der Waals surface area contributed by atoms with Crippen molar-refractivity contribution in [3.63, 3.8) is 0 Å². The molecule has 0 saturated heterocycles. The molecule has 1 aromatic heterocycles. The third-order valence-corrected chi connectivity index (χ3v) is 2.06. The quantitative estimate of drug-likeness (QED) is 0.501. The van der Waals surface area contributed by atoms with Gasteiger partial charge >= 0.3 is 5.97 Å². The number of H-pyrrole nitrogens is 1. The maximum atomic E-state index is 11.6. The normalized spacial score (nSPS) is 11.6. The van der Waals surface area contributed by atoms with E-state index in [0.29, 0.717) is 0 Å². The Labute approximate surface area is 101 Å². The molecule has 1 atom stereocenters. The Morgan fingerprint density at radius 1 is 1.39 bits per heavy atom. The number of nitrogens with two attached hydrogens (primary N) is 1. The summed E-state index contributed by atoms with van der Waals surface area (Å²) in [6, 6.07) is 0.956. The Bertz CT molecular complexity index is 516. The maximum Gasteiger partial charge on any atom is 0.326 e. The lowest BCUT2D eigenvalue weighted by Crippen LogP contribution is -2.43. The number of nitrogens with one attached hydrogen (secondary N) is 2. The summed E-state index contributed by atoms with van der Waals surface area (Å²) in [6.07, 6.45) is 0.630. The zero-order valence-electron chi connectivity index (χ0n) is 9.17. The fourth-order valence-electron chi connectivity index (χ4n) is 1.19. The minimum atomic E-state index is -1.40. The average Bonchev–Trinajstić information content (AvgIpc) is 2.28. The molecule has 0 aliphatic carbocycles. The Morgan fingerprint density at radius 3 is 2.50 bits per heavy atom. The summed E-state index contributed by atoms with van der Waals surface area (Å²) in [5.41, 5.74) is 4.55. The summed E-state index contributed by atoms with van der Waals surface area (Å²) in [5.74, 6) is -2.93. The third kappa shape index (κ3) is 3.74. The molecule has 0 radical (unpaired) electrons. The van der Waals surface area contributed by atoms with Crippen LogP contribution in [0.1, 0.15) is 16.8 Å². The monoisotopic (exact) mass is 253 g/mol. The van der Waals surface area contributed by atoms with Crippen LogP contribution in [0.4, 0.5) is 0 Å². The number of aliphatic carboxylic acids is 1. The fourth-order valence-corrected chi connectivity index (χ4v) is 1.19. The van der Waals surface area contributed by atoms with Crippen molar-refractivity contribution in [3.05, 3.63) is 34.2 Å².